The van der Waals surface area contributed by atoms with Crippen LogP contribution in [0.25, 0.3) is 11.2 Å². The number of halogens is 3. The van der Waals surface area contributed by atoms with Gasteiger partial charge in [0.1, 0.15) is 19.0 Å². The largest absolute Gasteiger partial charge is 0.459 e. The van der Waals surface area contributed by atoms with Gasteiger partial charge in [-0.15, -0.1) is 0 Å². The van der Waals surface area contributed by atoms with E-state index in [0.29, 0.717) is 20.6 Å². The van der Waals surface area contributed by atoms with E-state index in [1.165, 1.54) is 90.0 Å². The Kier molecular flexibility index (Phi) is 10.8. The third-order valence-corrected chi connectivity index (χ3v) is 9.05. The predicted octanol–water partition coefficient (Wildman–Crippen LogP) is 7.24. The summed E-state index contributed by atoms with van der Waals surface area (Å²) >= 11 is 18.1. The summed E-state index contributed by atoms with van der Waals surface area (Å²) in [6.45, 7) is -0.439. The van der Waals surface area contributed by atoms with Crippen LogP contribution in [0.2, 0.25) is 15.1 Å². The summed E-state index contributed by atoms with van der Waals surface area (Å²) in [7, 11) is 0. The van der Waals surface area contributed by atoms with Crippen molar-refractivity contribution in [3.05, 3.63) is 153 Å². The molecule has 54 heavy (non-hydrogen) atoms. The molecule has 6 aromatic rings. The second-order valence-corrected chi connectivity index (χ2v) is 13.1. The normalized spacial score (nSPS) is 17.8. The van der Waals surface area contributed by atoms with Gasteiger partial charge in [-0.25, -0.2) is 29.3 Å². The lowest BCUT2D eigenvalue weighted by atomic mass is 10.1. The number of carbonyl (C=O) groups excluding carboxylic acids is 4. The predicted molar refractivity (Wildman–Crippen MR) is 197 cm³/mol. The number of imidazole rings is 1. The van der Waals surface area contributed by atoms with Crippen LogP contribution in [-0.2, 0) is 18.9 Å². The van der Waals surface area contributed by atoms with Crippen molar-refractivity contribution in [2.75, 3.05) is 11.9 Å². The second-order valence-electron chi connectivity index (χ2n) is 11.8. The highest BCUT2D eigenvalue weighted by molar-refractivity contribution is 6.31. The van der Waals surface area contributed by atoms with Gasteiger partial charge in [-0.2, -0.15) is 0 Å². The van der Waals surface area contributed by atoms with E-state index in [1.807, 2.05) is 0 Å². The Hall–Kier alpha value is -5.86. The Morgan fingerprint density at radius 2 is 1.19 bits per heavy atom. The fourth-order valence-corrected chi connectivity index (χ4v) is 5.99. The lowest BCUT2D eigenvalue weighted by Gasteiger charge is -2.25. The lowest BCUT2D eigenvalue weighted by molar-refractivity contribution is -0.0606. The van der Waals surface area contributed by atoms with Crippen LogP contribution in [0.15, 0.2) is 116 Å². The van der Waals surface area contributed by atoms with E-state index in [0.717, 1.165) is 0 Å². The molecule has 1 saturated heterocycles. The first-order valence-corrected chi connectivity index (χ1v) is 17.3. The minimum atomic E-state index is -1.38. The Morgan fingerprint density at radius 3 is 1.76 bits per heavy atom. The molecule has 1 aliphatic rings. The van der Waals surface area contributed by atoms with Crippen LogP contribution >= 0.6 is 34.8 Å². The number of hydrogen-bond acceptors (Lipinski definition) is 11. The SMILES string of the molecule is O=C(Nc1ncnc2c1ncn2[C@H]1O[C@H](COC(=O)c2ccc(Cl)cc2)[C@@H](OC(=O)c2ccc(Cl)cc2)[C@H]1OC(=O)c1ccc(Cl)cc1)c1ccccc1. The van der Waals surface area contributed by atoms with Crippen molar-refractivity contribution < 1.29 is 38.1 Å². The Balaban J connectivity index is 1.25. The molecular formula is C38H26Cl3N5O8. The van der Waals surface area contributed by atoms with Crippen LogP contribution < -0.4 is 5.32 Å². The number of fused-ring (bicyclic) bond motifs is 1. The molecule has 2 aromatic heterocycles. The van der Waals surface area contributed by atoms with Gasteiger partial charge in [-0.05, 0) is 84.9 Å². The molecule has 13 nitrogen and oxygen atoms in total. The highest BCUT2D eigenvalue weighted by Crippen LogP contribution is 2.37. The Bertz CT molecular complexity index is 2320. The molecule has 7 rings (SSSR count). The number of aromatic nitrogens is 4. The van der Waals surface area contributed by atoms with Gasteiger partial charge >= 0.3 is 17.9 Å². The van der Waals surface area contributed by atoms with E-state index in [-0.39, 0.29) is 33.7 Å². The number of rotatable bonds is 10. The second kappa shape index (κ2) is 16.0. The molecule has 0 unspecified atom stereocenters. The summed E-state index contributed by atoms with van der Waals surface area (Å²) in [5, 5.41) is 3.96. The van der Waals surface area contributed by atoms with Gasteiger partial charge in [0.05, 0.1) is 23.0 Å². The third-order valence-electron chi connectivity index (χ3n) is 8.29. The highest BCUT2D eigenvalue weighted by Gasteiger charge is 2.52. The zero-order chi connectivity index (χ0) is 37.8. The Morgan fingerprint density at radius 1 is 0.648 bits per heavy atom. The van der Waals surface area contributed by atoms with Crippen molar-refractivity contribution in [1.82, 2.24) is 19.5 Å². The van der Waals surface area contributed by atoms with Crippen LogP contribution in [0.1, 0.15) is 47.7 Å². The summed E-state index contributed by atoms with van der Waals surface area (Å²) in [5.41, 5.74) is 1.23. The number of hydrogen-bond donors (Lipinski definition) is 1. The van der Waals surface area contributed by atoms with E-state index < -0.39 is 55.0 Å². The molecule has 0 radical (unpaired) electrons. The van der Waals surface area contributed by atoms with Crippen molar-refractivity contribution in [3.63, 3.8) is 0 Å². The Labute approximate surface area is 321 Å². The van der Waals surface area contributed by atoms with Gasteiger partial charge in [-0.1, -0.05) is 53.0 Å². The maximum absolute atomic E-state index is 13.7. The average molecular weight is 787 g/mol. The average Bonchev–Trinajstić information content (AvgIpc) is 3.76. The number of nitrogens with one attached hydrogen (secondary N) is 1. The van der Waals surface area contributed by atoms with Crippen molar-refractivity contribution in [2.45, 2.75) is 24.5 Å². The molecule has 1 fully saturated rings. The molecule has 0 spiro atoms. The molecule has 0 saturated carbocycles. The number of amides is 1. The third kappa shape index (κ3) is 8.04. The minimum absolute atomic E-state index is 0.0967. The molecule has 4 atom stereocenters. The van der Waals surface area contributed by atoms with Crippen molar-refractivity contribution in [2.24, 2.45) is 0 Å². The van der Waals surface area contributed by atoms with Crippen molar-refractivity contribution in [1.29, 1.82) is 0 Å². The van der Waals surface area contributed by atoms with E-state index in [1.54, 1.807) is 30.3 Å². The standard InChI is InChI=1S/C38H26Cl3N5O8/c39-25-12-6-22(7-13-25)36(48)51-18-28-30(53-37(49)23-8-14-26(40)15-9-23)31(54-38(50)24-10-16-27(41)17-11-24)35(52-28)46-20-44-29-32(42-19-43-33(29)46)45-34(47)21-4-2-1-3-5-21/h1-17,19-20,28,30-31,35H,18H2,(H,42,43,45,47)/t28-,30-,31-,35+/m1/s1. The summed E-state index contributed by atoms with van der Waals surface area (Å²) in [6, 6.07) is 26.5. The maximum Gasteiger partial charge on any atom is 0.338 e. The topological polar surface area (TPSA) is 161 Å². The number of esters is 3. The zero-order valence-corrected chi connectivity index (χ0v) is 29.9. The quantitative estimate of drug-likeness (QED) is 0.110. The smallest absolute Gasteiger partial charge is 0.338 e. The van der Waals surface area contributed by atoms with Gasteiger partial charge in [0, 0.05) is 20.6 Å². The maximum atomic E-state index is 13.7. The molecule has 4 aromatic carbocycles. The number of benzene rings is 4. The number of nitrogens with zero attached hydrogens (tertiary/aromatic N) is 4. The van der Waals surface area contributed by atoms with Gasteiger partial charge in [-0.3, -0.25) is 9.36 Å². The fourth-order valence-electron chi connectivity index (χ4n) is 5.62. The molecule has 0 aliphatic carbocycles. The van der Waals surface area contributed by atoms with E-state index in [9.17, 15) is 19.2 Å². The molecule has 3 heterocycles. The zero-order valence-electron chi connectivity index (χ0n) is 27.7. The molecule has 16 heteroatoms. The van der Waals surface area contributed by atoms with Crippen LogP contribution in [-0.4, -0.2) is 68.3 Å². The van der Waals surface area contributed by atoms with E-state index in [4.69, 9.17) is 53.8 Å². The van der Waals surface area contributed by atoms with Crippen molar-refractivity contribution >= 4 is 75.6 Å². The summed E-state index contributed by atoms with van der Waals surface area (Å²) in [6.07, 6.45) is -2.62. The van der Waals surface area contributed by atoms with E-state index >= 15 is 0 Å². The summed E-state index contributed by atoms with van der Waals surface area (Å²) < 4.78 is 25.6. The first-order valence-electron chi connectivity index (χ1n) is 16.2. The van der Waals surface area contributed by atoms with Gasteiger partial charge < -0.3 is 24.3 Å². The van der Waals surface area contributed by atoms with Crippen LogP contribution in [0.5, 0.6) is 0 Å². The molecular weight excluding hydrogens is 761 g/mol. The van der Waals surface area contributed by atoms with Gasteiger partial charge in [0.15, 0.2) is 35.4 Å². The monoisotopic (exact) mass is 785 g/mol. The molecule has 0 bridgehead atoms. The summed E-state index contributed by atoms with van der Waals surface area (Å²) in [4.78, 5) is 66.4. The summed E-state index contributed by atoms with van der Waals surface area (Å²) in [5.74, 6) is -2.65. The number of carbonyl (C=O) groups is 4. The molecule has 1 aliphatic heterocycles. The van der Waals surface area contributed by atoms with Gasteiger partial charge in [0.25, 0.3) is 5.91 Å². The highest BCUT2D eigenvalue weighted by atomic mass is 35.5. The van der Waals surface area contributed by atoms with Crippen LogP contribution in [0.3, 0.4) is 0 Å². The fraction of sp³-hybridized carbons (Fsp3) is 0.132. The van der Waals surface area contributed by atoms with Crippen LogP contribution in [0.4, 0.5) is 5.82 Å². The minimum Gasteiger partial charge on any atom is -0.459 e. The van der Waals surface area contributed by atoms with Gasteiger partial charge in [0.2, 0.25) is 0 Å². The molecule has 1 amide bonds. The van der Waals surface area contributed by atoms with E-state index in [2.05, 4.69) is 20.3 Å². The van der Waals surface area contributed by atoms with Crippen molar-refractivity contribution in [3.8, 4) is 0 Å². The first-order chi connectivity index (χ1) is 26.1. The molecule has 1 N–H and O–H groups in total. The van der Waals surface area contributed by atoms with Crippen LogP contribution in [0, 0.1) is 0 Å². The molecule has 272 valence electrons. The first kappa shape index (κ1) is 36.5. The number of anilines is 1. The number of ether oxygens (including phenoxy) is 4. The lowest BCUT2D eigenvalue weighted by Crippen LogP contribution is -2.41.